The molecule has 0 aromatic heterocycles. The van der Waals surface area contributed by atoms with Crippen molar-refractivity contribution in [3.63, 3.8) is 0 Å². The third-order valence-electron chi connectivity index (χ3n) is 2.42. The molecule has 0 unspecified atom stereocenters. The van der Waals surface area contributed by atoms with Gasteiger partial charge in [0, 0.05) is 20.1 Å². The van der Waals surface area contributed by atoms with Crippen LogP contribution in [0.2, 0.25) is 0 Å². The first-order valence-corrected chi connectivity index (χ1v) is 5.20. The van der Waals surface area contributed by atoms with E-state index in [-0.39, 0.29) is 12.1 Å². The summed E-state index contributed by atoms with van der Waals surface area (Å²) in [4.78, 5) is 0.901. The smallest absolute Gasteiger partial charge is 0.370 e. The Hall–Kier alpha value is -1.37. The summed E-state index contributed by atoms with van der Waals surface area (Å²) in [5, 5.41) is 0. The van der Waals surface area contributed by atoms with E-state index in [1.54, 1.807) is 0 Å². The van der Waals surface area contributed by atoms with Crippen LogP contribution >= 0.6 is 0 Å². The van der Waals surface area contributed by atoms with Crippen LogP contribution in [0.25, 0.3) is 0 Å². The Morgan fingerprint density at radius 1 is 1.17 bits per heavy atom. The Bertz CT molecular complexity index is 393. The fraction of sp³-hybridized carbons (Fsp3) is 0.455. The third-order valence-corrected chi connectivity index (χ3v) is 2.42. The van der Waals surface area contributed by atoms with E-state index in [4.69, 9.17) is 5.73 Å². The molecule has 2 nitrogen and oxygen atoms in total. The van der Waals surface area contributed by atoms with Gasteiger partial charge >= 0.3 is 6.18 Å². The van der Waals surface area contributed by atoms with Gasteiger partial charge in [0.2, 0.25) is 0 Å². The first kappa shape index (κ1) is 14.7. The molecule has 7 heteroatoms. The van der Waals surface area contributed by atoms with E-state index in [1.165, 1.54) is 7.05 Å². The highest BCUT2D eigenvalue weighted by Crippen LogP contribution is 2.26. The van der Waals surface area contributed by atoms with Crippen molar-refractivity contribution in [3.8, 4) is 0 Å². The van der Waals surface area contributed by atoms with E-state index in [0.717, 1.165) is 17.0 Å². The summed E-state index contributed by atoms with van der Waals surface area (Å²) in [6, 6.07) is 2.03. The van der Waals surface area contributed by atoms with Crippen molar-refractivity contribution in [3.05, 3.63) is 29.3 Å². The normalized spacial score (nSPS) is 11.7. The van der Waals surface area contributed by atoms with Crippen LogP contribution in [0.1, 0.15) is 12.0 Å². The SMILES string of the molecule is CN(CCC(F)(F)F)c1c(F)cc(CN)cc1F. The van der Waals surface area contributed by atoms with Gasteiger partial charge in [0.25, 0.3) is 0 Å². The maximum Gasteiger partial charge on any atom is 0.390 e. The number of hydrogen-bond acceptors (Lipinski definition) is 2. The van der Waals surface area contributed by atoms with Crippen molar-refractivity contribution in [2.75, 3.05) is 18.5 Å². The summed E-state index contributed by atoms with van der Waals surface area (Å²) in [6.07, 6.45) is -5.50. The first-order valence-electron chi connectivity index (χ1n) is 5.20. The molecule has 0 saturated carbocycles. The molecule has 0 atom stereocenters. The molecular weight excluding hydrogens is 255 g/mol. The average Bonchev–Trinajstić information content (AvgIpc) is 2.24. The Labute approximate surface area is 101 Å². The summed E-state index contributed by atoms with van der Waals surface area (Å²) < 4.78 is 63.2. The standard InChI is InChI=1S/C11H13F5N2/c1-18(3-2-11(14,15)16)10-8(12)4-7(6-17)5-9(10)13/h4-5H,2-3,6,17H2,1H3. The van der Waals surface area contributed by atoms with E-state index >= 15 is 0 Å². The molecule has 1 aromatic carbocycles. The van der Waals surface area contributed by atoms with E-state index in [9.17, 15) is 22.0 Å². The molecule has 0 bridgehead atoms. The largest absolute Gasteiger partial charge is 0.390 e. The molecule has 18 heavy (non-hydrogen) atoms. The molecule has 0 fully saturated rings. The van der Waals surface area contributed by atoms with E-state index < -0.39 is 36.5 Å². The number of anilines is 1. The van der Waals surface area contributed by atoms with Gasteiger partial charge in [-0.3, -0.25) is 0 Å². The number of rotatable bonds is 4. The van der Waals surface area contributed by atoms with Gasteiger partial charge in [-0.25, -0.2) is 8.78 Å². The summed E-state index contributed by atoms with van der Waals surface area (Å²) in [5.74, 6) is -1.83. The van der Waals surface area contributed by atoms with Crippen molar-refractivity contribution in [2.45, 2.75) is 19.1 Å². The van der Waals surface area contributed by atoms with E-state index in [1.807, 2.05) is 0 Å². The number of nitrogens with two attached hydrogens (primary N) is 1. The second-order valence-electron chi connectivity index (χ2n) is 3.90. The van der Waals surface area contributed by atoms with Gasteiger partial charge in [0.05, 0.1) is 6.42 Å². The van der Waals surface area contributed by atoms with Gasteiger partial charge < -0.3 is 10.6 Å². The van der Waals surface area contributed by atoms with Crippen LogP contribution in [0.5, 0.6) is 0 Å². The van der Waals surface area contributed by atoms with E-state index in [2.05, 4.69) is 0 Å². The van der Waals surface area contributed by atoms with Gasteiger partial charge in [-0.15, -0.1) is 0 Å². The summed E-state index contributed by atoms with van der Waals surface area (Å²) in [5.41, 5.74) is 5.01. The van der Waals surface area contributed by atoms with Crippen molar-refractivity contribution < 1.29 is 22.0 Å². The average molecular weight is 268 g/mol. The predicted octanol–water partition coefficient (Wildman–Crippen LogP) is 2.81. The minimum Gasteiger partial charge on any atom is -0.370 e. The molecule has 0 aliphatic rings. The number of hydrogen-bond donors (Lipinski definition) is 1. The highest BCUT2D eigenvalue weighted by molar-refractivity contribution is 5.50. The van der Waals surface area contributed by atoms with Crippen LogP contribution in [0.15, 0.2) is 12.1 Å². The zero-order chi connectivity index (χ0) is 13.9. The molecule has 0 aliphatic carbocycles. The van der Waals surface area contributed by atoms with Crippen molar-refractivity contribution in [1.29, 1.82) is 0 Å². The molecule has 0 amide bonds. The van der Waals surface area contributed by atoms with Crippen LogP contribution in [0.3, 0.4) is 0 Å². The summed E-state index contributed by atoms with van der Waals surface area (Å²) in [7, 11) is 1.20. The molecule has 1 rings (SSSR count). The zero-order valence-corrected chi connectivity index (χ0v) is 9.69. The second kappa shape index (κ2) is 5.51. The van der Waals surface area contributed by atoms with Gasteiger partial charge in [0.1, 0.15) is 17.3 Å². The van der Waals surface area contributed by atoms with Crippen LogP contribution in [-0.2, 0) is 6.54 Å². The second-order valence-corrected chi connectivity index (χ2v) is 3.90. The maximum atomic E-state index is 13.5. The summed E-state index contributed by atoms with van der Waals surface area (Å²) >= 11 is 0. The number of benzene rings is 1. The van der Waals surface area contributed by atoms with Crippen molar-refractivity contribution >= 4 is 5.69 Å². The predicted molar refractivity (Wildman–Crippen MR) is 58.2 cm³/mol. The molecule has 2 N–H and O–H groups in total. The highest BCUT2D eigenvalue weighted by Gasteiger charge is 2.28. The van der Waals surface area contributed by atoms with Gasteiger partial charge in [-0.2, -0.15) is 13.2 Å². The zero-order valence-electron chi connectivity index (χ0n) is 9.69. The first-order chi connectivity index (χ1) is 8.24. The number of alkyl halides is 3. The lowest BCUT2D eigenvalue weighted by Gasteiger charge is -2.21. The minimum absolute atomic E-state index is 0.0413. The van der Waals surface area contributed by atoms with Crippen LogP contribution in [0.4, 0.5) is 27.6 Å². The Balaban J connectivity index is 2.89. The topological polar surface area (TPSA) is 29.3 Å². The van der Waals surface area contributed by atoms with Gasteiger partial charge in [-0.05, 0) is 17.7 Å². The van der Waals surface area contributed by atoms with E-state index in [0.29, 0.717) is 0 Å². The van der Waals surface area contributed by atoms with Crippen LogP contribution in [-0.4, -0.2) is 19.8 Å². The molecule has 0 spiro atoms. The highest BCUT2D eigenvalue weighted by atomic mass is 19.4. The lowest BCUT2D eigenvalue weighted by Crippen LogP contribution is -2.25. The Kier molecular flexibility index (Phi) is 4.50. The fourth-order valence-corrected chi connectivity index (χ4v) is 1.51. The molecule has 0 saturated heterocycles. The summed E-state index contributed by atoms with van der Waals surface area (Å²) in [6.45, 7) is -0.556. The lowest BCUT2D eigenvalue weighted by atomic mass is 10.1. The van der Waals surface area contributed by atoms with Gasteiger partial charge in [-0.1, -0.05) is 0 Å². The molecule has 1 aromatic rings. The molecule has 0 heterocycles. The maximum absolute atomic E-state index is 13.5. The fourth-order valence-electron chi connectivity index (χ4n) is 1.51. The van der Waals surface area contributed by atoms with Crippen LogP contribution in [0, 0.1) is 11.6 Å². The Morgan fingerprint density at radius 2 is 1.67 bits per heavy atom. The molecule has 0 radical (unpaired) electrons. The quantitative estimate of drug-likeness (QED) is 0.851. The minimum atomic E-state index is -4.36. The van der Waals surface area contributed by atoms with Crippen LogP contribution < -0.4 is 10.6 Å². The van der Waals surface area contributed by atoms with Crippen molar-refractivity contribution in [2.24, 2.45) is 5.73 Å². The number of nitrogens with zero attached hydrogens (tertiary/aromatic N) is 1. The van der Waals surface area contributed by atoms with Crippen molar-refractivity contribution in [1.82, 2.24) is 0 Å². The molecular formula is C11H13F5N2. The van der Waals surface area contributed by atoms with Gasteiger partial charge in [0.15, 0.2) is 0 Å². The monoisotopic (exact) mass is 268 g/mol. The lowest BCUT2D eigenvalue weighted by molar-refractivity contribution is -0.132. The number of halogens is 5. The third kappa shape index (κ3) is 3.83. The molecule has 102 valence electrons. The molecule has 0 aliphatic heterocycles. The Morgan fingerprint density at radius 3 is 2.06 bits per heavy atom.